The molecule has 0 spiro atoms. The van der Waals surface area contributed by atoms with Gasteiger partial charge in [0.2, 0.25) is 12.6 Å². The fourth-order valence-corrected chi connectivity index (χ4v) is 7.16. The maximum atomic E-state index is 14.4. The van der Waals surface area contributed by atoms with E-state index >= 15 is 0 Å². The molecule has 4 aromatic rings. The third-order valence-electron chi connectivity index (χ3n) is 6.54. The summed E-state index contributed by atoms with van der Waals surface area (Å²) in [6.07, 6.45) is -4.13. The van der Waals surface area contributed by atoms with Gasteiger partial charge in [-0.2, -0.15) is 0 Å². The minimum Gasteiger partial charge on any atom is -0.439 e. The molecule has 0 aromatic heterocycles. The van der Waals surface area contributed by atoms with Gasteiger partial charge in [0.15, 0.2) is 0 Å². The van der Waals surface area contributed by atoms with Gasteiger partial charge in [0.1, 0.15) is 5.75 Å². The van der Waals surface area contributed by atoms with Gasteiger partial charge in [0, 0.05) is 16.7 Å². The second kappa shape index (κ2) is 11.9. The van der Waals surface area contributed by atoms with E-state index in [2.05, 4.69) is 0 Å². The van der Waals surface area contributed by atoms with E-state index in [9.17, 15) is 24.4 Å². The van der Waals surface area contributed by atoms with Crippen molar-refractivity contribution >= 4 is 24.6 Å². The summed E-state index contributed by atoms with van der Waals surface area (Å²) < 4.78 is 30.9. The molecule has 9 heteroatoms. The zero-order valence-corrected chi connectivity index (χ0v) is 22.2. The third kappa shape index (κ3) is 6.00. The van der Waals surface area contributed by atoms with Crippen molar-refractivity contribution in [2.45, 2.75) is 19.0 Å². The molecule has 0 saturated carbocycles. The summed E-state index contributed by atoms with van der Waals surface area (Å²) in [7, 11) is -3.76. The van der Waals surface area contributed by atoms with E-state index < -0.39 is 50.4 Å². The van der Waals surface area contributed by atoms with Crippen LogP contribution in [0.3, 0.4) is 0 Å². The summed E-state index contributed by atoms with van der Waals surface area (Å²) in [5.41, 5.74) is 2.14. The molecular weight excluding hydrogens is 531 g/mol. The number of fused-ring (bicyclic) bond motifs is 3. The van der Waals surface area contributed by atoms with Gasteiger partial charge < -0.3 is 24.2 Å². The number of aliphatic hydroxyl groups is 2. The smallest absolute Gasteiger partial charge is 0.312 e. The average molecular weight is 559 g/mol. The zero-order chi connectivity index (χ0) is 28.1. The van der Waals surface area contributed by atoms with Crippen LogP contribution in [0.15, 0.2) is 109 Å². The summed E-state index contributed by atoms with van der Waals surface area (Å²) >= 11 is 0. The van der Waals surface area contributed by atoms with Gasteiger partial charge in [-0.3, -0.25) is 14.2 Å². The molecule has 0 aliphatic carbocycles. The molecule has 1 aliphatic heterocycles. The van der Waals surface area contributed by atoms with Crippen LogP contribution in [0.5, 0.6) is 5.75 Å². The molecule has 4 unspecified atom stereocenters. The number of hydrogen-bond donors (Lipinski definition) is 2. The fourth-order valence-electron chi connectivity index (χ4n) is 4.57. The Morgan fingerprint density at radius 1 is 0.700 bits per heavy atom. The first-order valence-electron chi connectivity index (χ1n) is 12.7. The molecule has 4 atom stereocenters. The Labute approximate surface area is 231 Å². The zero-order valence-electron chi connectivity index (χ0n) is 21.3. The molecule has 1 heterocycles. The number of esters is 2. The molecule has 0 fully saturated rings. The number of para-hydroxylation sites is 1. The molecule has 0 amide bonds. The molecule has 4 aromatic carbocycles. The van der Waals surface area contributed by atoms with E-state index in [1.165, 1.54) is 0 Å². The van der Waals surface area contributed by atoms with Crippen molar-refractivity contribution in [3.05, 3.63) is 120 Å². The SMILES string of the molecule is O=C(CC(CP1(=O)Oc2ccccc2-c2ccccc21)C(=O)OC(O)c1ccccc1)OC(O)c1ccccc1. The molecule has 40 heavy (non-hydrogen) atoms. The minimum atomic E-state index is -3.76. The number of carbonyl (C=O) groups is 2. The monoisotopic (exact) mass is 558 g/mol. The van der Waals surface area contributed by atoms with E-state index in [1.54, 1.807) is 84.9 Å². The lowest BCUT2D eigenvalue weighted by atomic mass is 10.0. The maximum absolute atomic E-state index is 14.4. The van der Waals surface area contributed by atoms with E-state index in [4.69, 9.17) is 14.0 Å². The molecule has 204 valence electrons. The van der Waals surface area contributed by atoms with Gasteiger partial charge in [0.25, 0.3) is 7.37 Å². The third-order valence-corrected chi connectivity index (χ3v) is 9.08. The van der Waals surface area contributed by atoms with Crippen molar-refractivity contribution < 1.29 is 38.4 Å². The highest BCUT2D eigenvalue weighted by atomic mass is 31.2. The van der Waals surface area contributed by atoms with E-state index in [0.717, 1.165) is 5.56 Å². The van der Waals surface area contributed by atoms with Crippen molar-refractivity contribution in [1.29, 1.82) is 0 Å². The summed E-state index contributed by atoms with van der Waals surface area (Å²) in [4.78, 5) is 26.3. The number of hydrogen-bond acceptors (Lipinski definition) is 8. The number of ether oxygens (including phenoxy) is 2. The summed E-state index contributed by atoms with van der Waals surface area (Å²) in [5, 5.41) is 21.3. The Hall–Kier alpha value is -4.23. The van der Waals surface area contributed by atoms with Crippen molar-refractivity contribution in [2.24, 2.45) is 5.92 Å². The van der Waals surface area contributed by atoms with Crippen LogP contribution in [0, 0.1) is 5.92 Å². The average Bonchev–Trinajstić information content (AvgIpc) is 2.98. The Bertz CT molecular complexity index is 1540. The summed E-state index contributed by atoms with van der Waals surface area (Å²) in [5.74, 6) is -2.80. The van der Waals surface area contributed by atoms with Crippen LogP contribution >= 0.6 is 7.37 Å². The second-order valence-electron chi connectivity index (χ2n) is 9.31. The standard InChI is InChI=1S/C31H27O8P/c32-28(37-29(33)21-11-3-1-4-12-21)19-23(31(35)38-30(34)22-13-5-2-6-14-22)20-40(36)27-18-10-8-16-25(27)24-15-7-9-17-26(24)39-40/h1-18,23,29-30,33-34H,19-20H2. The summed E-state index contributed by atoms with van der Waals surface area (Å²) in [6.45, 7) is 0. The van der Waals surface area contributed by atoms with Gasteiger partial charge in [-0.25, -0.2) is 0 Å². The van der Waals surface area contributed by atoms with E-state index in [1.807, 2.05) is 24.3 Å². The highest BCUT2D eigenvalue weighted by Crippen LogP contribution is 2.55. The second-order valence-corrected chi connectivity index (χ2v) is 11.7. The molecule has 5 rings (SSSR count). The van der Waals surface area contributed by atoms with Crippen molar-refractivity contribution in [2.75, 3.05) is 6.16 Å². The Balaban J connectivity index is 1.42. The normalized spacial score (nSPS) is 17.8. The molecule has 0 bridgehead atoms. The van der Waals surface area contributed by atoms with Crippen molar-refractivity contribution in [1.82, 2.24) is 0 Å². The maximum Gasteiger partial charge on any atom is 0.312 e. The first kappa shape index (κ1) is 27.3. The largest absolute Gasteiger partial charge is 0.439 e. The number of aliphatic hydroxyl groups excluding tert-OH is 2. The molecule has 1 aliphatic rings. The number of rotatable bonds is 9. The van der Waals surface area contributed by atoms with Crippen LogP contribution in [-0.2, 0) is 23.6 Å². The number of carbonyl (C=O) groups excluding carboxylic acids is 2. The Morgan fingerprint density at radius 3 is 1.88 bits per heavy atom. The van der Waals surface area contributed by atoms with Crippen LogP contribution in [0.4, 0.5) is 0 Å². The van der Waals surface area contributed by atoms with E-state index in [0.29, 0.717) is 27.7 Å². The Kier molecular flexibility index (Phi) is 8.12. The molecular formula is C31H27O8P. The van der Waals surface area contributed by atoms with E-state index in [-0.39, 0.29) is 0 Å². The quantitative estimate of drug-likeness (QED) is 0.165. The van der Waals surface area contributed by atoms with Gasteiger partial charge in [-0.1, -0.05) is 97.1 Å². The van der Waals surface area contributed by atoms with Crippen LogP contribution in [0.25, 0.3) is 11.1 Å². The molecule has 2 N–H and O–H groups in total. The lowest BCUT2D eigenvalue weighted by Gasteiger charge is -2.30. The van der Waals surface area contributed by atoms with Gasteiger partial charge in [-0.05, 0) is 17.7 Å². The van der Waals surface area contributed by atoms with Crippen LogP contribution in [-0.4, -0.2) is 28.3 Å². The van der Waals surface area contributed by atoms with Crippen LogP contribution in [0.2, 0.25) is 0 Å². The fraction of sp³-hybridized carbons (Fsp3) is 0.161. The predicted octanol–water partition coefficient (Wildman–Crippen LogP) is 5.12. The molecule has 0 saturated heterocycles. The lowest BCUT2D eigenvalue weighted by Crippen LogP contribution is -2.31. The van der Waals surface area contributed by atoms with Crippen LogP contribution in [0.1, 0.15) is 30.1 Å². The first-order chi connectivity index (χ1) is 19.3. The summed E-state index contributed by atoms with van der Waals surface area (Å²) in [6, 6.07) is 30.7. The molecule has 8 nitrogen and oxygen atoms in total. The Morgan fingerprint density at radius 2 is 1.23 bits per heavy atom. The topological polar surface area (TPSA) is 119 Å². The molecule has 0 radical (unpaired) electrons. The first-order valence-corrected chi connectivity index (χ1v) is 14.5. The lowest BCUT2D eigenvalue weighted by molar-refractivity contribution is -0.180. The van der Waals surface area contributed by atoms with Crippen LogP contribution < -0.4 is 9.83 Å². The number of benzene rings is 4. The highest BCUT2D eigenvalue weighted by Gasteiger charge is 2.41. The highest BCUT2D eigenvalue weighted by molar-refractivity contribution is 7.67. The minimum absolute atomic E-state index is 0.330. The van der Waals surface area contributed by atoms with Gasteiger partial charge >= 0.3 is 11.9 Å². The predicted molar refractivity (Wildman–Crippen MR) is 148 cm³/mol. The van der Waals surface area contributed by atoms with Crippen molar-refractivity contribution in [3.63, 3.8) is 0 Å². The van der Waals surface area contributed by atoms with Gasteiger partial charge in [-0.15, -0.1) is 0 Å². The van der Waals surface area contributed by atoms with Gasteiger partial charge in [0.05, 0.1) is 23.8 Å². The van der Waals surface area contributed by atoms with Crippen molar-refractivity contribution in [3.8, 4) is 16.9 Å².